The maximum atomic E-state index is 12.3. The molecule has 2 rings (SSSR count). The van der Waals surface area contributed by atoms with E-state index in [1.807, 2.05) is 14.1 Å². The second kappa shape index (κ2) is 15.1. The summed E-state index contributed by atoms with van der Waals surface area (Å²) in [5.74, 6) is -0.864. The Morgan fingerprint density at radius 1 is 1.20 bits per heavy atom. The normalized spacial score (nSPS) is 11.9. The highest BCUT2D eigenvalue weighted by atomic mass is 19.4. The van der Waals surface area contributed by atoms with Crippen molar-refractivity contribution in [3.05, 3.63) is 65.4 Å². The van der Waals surface area contributed by atoms with Crippen LogP contribution in [0.5, 0.6) is 5.75 Å². The molecule has 0 saturated heterocycles. The van der Waals surface area contributed by atoms with Crippen molar-refractivity contribution in [1.82, 2.24) is 25.6 Å². The summed E-state index contributed by atoms with van der Waals surface area (Å²) in [5, 5.41) is 12.7. The number of unbranched alkanes of at least 4 members (excludes halogenated alkanes) is 1. The highest BCUT2D eigenvalue weighted by molar-refractivity contribution is 5.80. The second-order valence-corrected chi connectivity index (χ2v) is 7.27. The molecule has 6 N–H and O–H groups in total. The Labute approximate surface area is 201 Å². The van der Waals surface area contributed by atoms with Crippen molar-refractivity contribution in [2.24, 2.45) is 11.5 Å². The zero-order valence-electron chi connectivity index (χ0n) is 19.5. The fourth-order valence-corrected chi connectivity index (χ4v) is 2.64. The number of hydrogen-bond donors (Lipinski definition) is 4. The molecule has 0 unspecified atom stereocenters. The SMILES string of the molecule is CNC.N/C(=C\C=C(/N)NC(=O)Cc1cccc(OC(F)(F)F)c1)CCCCn1cc(C=O)nn1. The van der Waals surface area contributed by atoms with Crippen molar-refractivity contribution >= 4 is 12.2 Å². The summed E-state index contributed by atoms with van der Waals surface area (Å²) in [6.07, 6.45) is 2.29. The first-order valence-corrected chi connectivity index (χ1v) is 10.6. The Morgan fingerprint density at radius 2 is 1.91 bits per heavy atom. The lowest BCUT2D eigenvalue weighted by Gasteiger charge is -2.10. The fraction of sp³-hybridized carbons (Fsp3) is 0.364. The second-order valence-electron chi connectivity index (χ2n) is 7.27. The van der Waals surface area contributed by atoms with Gasteiger partial charge in [-0.3, -0.25) is 14.3 Å². The van der Waals surface area contributed by atoms with Crippen molar-refractivity contribution in [3.8, 4) is 5.75 Å². The first-order valence-electron chi connectivity index (χ1n) is 10.6. The van der Waals surface area contributed by atoms with Crippen LogP contribution >= 0.6 is 0 Å². The number of aryl methyl sites for hydroxylation is 1. The minimum absolute atomic E-state index is 0.0460. The van der Waals surface area contributed by atoms with Crippen LogP contribution in [0.2, 0.25) is 0 Å². The van der Waals surface area contributed by atoms with Gasteiger partial charge < -0.3 is 26.8 Å². The van der Waals surface area contributed by atoms with Gasteiger partial charge >= 0.3 is 6.36 Å². The molecular weight excluding hydrogens is 467 g/mol. The number of hydrogen-bond acceptors (Lipinski definition) is 8. The van der Waals surface area contributed by atoms with E-state index in [1.165, 1.54) is 18.2 Å². The van der Waals surface area contributed by atoms with Crippen LogP contribution in [0, 0.1) is 0 Å². The molecule has 192 valence electrons. The standard InChI is InChI=1S/C20H23F3N6O3.C2H7N/c21-20(22,23)32-17-6-3-4-14(10-17)11-19(31)26-18(25)8-7-15(24)5-1-2-9-29-12-16(13-30)27-28-29;1-3-2/h3-4,6-8,10,12-13H,1-2,5,9,11,24-25H2,(H,26,31);3H,1-2H3/b15-7-,18-8+;. The maximum Gasteiger partial charge on any atom is 0.573 e. The third-order valence-electron chi connectivity index (χ3n) is 4.04. The molecule has 0 atom stereocenters. The van der Waals surface area contributed by atoms with Crippen molar-refractivity contribution in [2.75, 3.05) is 14.1 Å². The molecule has 10 nitrogen and oxygen atoms in total. The molecule has 1 aromatic carbocycles. The van der Waals surface area contributed by atoms with E-state index < -0.39 is 18.0 Å². The lowest BCUT2D eigenvalue weighted by atomic mass is 10.1. The lowest BCUT2D eigenvalue weighted by molar-refractivity contribution is -0.274. The molecule has 2 aromatic rings. The summed E-state index contributed by atoms with van der Waals surface area (Å²) in [7, 11) is 3.75. The molecule has 1 aromatic heterocycles. The summed E-state index contributed by atoms with van der Waals surface area (Å²) in [5.41, 5.74) is 12.8. The number of carbonyl (C=O) groups is 2. The zero-order valence-corrected chi connectivity index (χ0v) is 19.5. The van der Waals surface area contributed by atoms with Crippen LogP contribution < -0.4 is 26.8 Å². The Kier molecular flexibility index (Phi) is 12.6. The Balaban J connectivity index is 0.00000194. The number of rotatable bonds is 11. The summed E-state index contributed by atoms with van der Waals surface area (Å²) in [6, 6.07) is 5.13. The van der Waals surface area contributed by atoms with Gasteiger partial charge in [0, 0.05) is 12.2 Å². The molecule has 1 heterocycles. The molecule has 0 spiro atoms. The number of aldehydes is 1. The predicted octanol–water partition coefficient (Wildman–Crippen LogP) is 2.00. The number of ether oxygens (including phenoxy) is 1. The van der Waals surface area contributed by atoms with Crippen molar-refractivity contribution in [2.45, 2.75) is 38.6 Å². The number of alkyl halides is 3. The number of nitrogens with one attached hydrogen (secondary N) is 2. The van der Waals surface area contributed by atoms with E-state index in [-0.39, 0.29) is 17.9 Å². The minimum Gasteiger partial charge on any atom is -0.406 e. The molecule has 0 aliphatic heterocycles. The molecular formula is C22H30F3N7O3. The zero-order chi connectivity index (χ0) is 26.3. The number of nitrogens with two attached hydrogens (primary N) is 2. The van der Waals surface area contributed by atoms with Gasteiger partial charge in [0.05, 0.1) is 12.6 Å². The molecule has 35 heavy (non-hydrogen) atoms. The molecule has 0 saturated carbocycles. The Hall–Kier alpha value is -3.87. The van der Waals surface area contributed by atoms with Gasteiger partial charge in [0.2, 0.25) is 5.91 Å². The molecule has 0 aliphatic carbocycles. The number of halogens is 3. The summed E-state index contributed by atoms with van der Waals surface area (Å²) >= 11 is 0. The highest BCUT2D eigenvalue weighted by Crippen LogP contribution is 2.23. The quantitative estimate of drug-likeness (QED) is 0.209. The third-order valence-corrected chi connectivity index (χ3v) is 4.04. The Morgan fingerprint density at radius 3 is 2.54 bits per heavy atom. The van der Waals surface area contributed by atoms with E-state index in [0.717, 1.165) is 25.0 Å². The first-order chi connectivity index (χ1) is 16.6. The molecule has 0 fully saturated rings. The van der Waals surface area contributed by atoms with E-state index in [0.29, 0.717) is 30.5 Å². The van der Waals surface area contributed by atoms with Gasteiger partial charge in [0.15, 0.2) is 6.29 Å². The highest BCUT2D eigenvalue weighted by Gasteiger charge is 2.31. The van der Waals surface area contributed by atoms with Crippen LogP contribution in [0.1, 0.15) is 35.3 Å². The maximum absolute atomic E-state index is 12.3. The number of amides is 1. The average molecular weight is 498 g/mol. The van der Waals surface area contributed by atoms with E-state index in [1.54, 1.807) is 17.0 Å². The van der Waals surface area contributed by atoms with Crippen LogP contribution in [0.15, 0.2) is 54.1 Å². The minimum atomic E-state index is -4.81. The fourth-order valence-electron chi connectivity index (χ4n) is 2.64. The van der Waals surface area contributed by atoms with E-state index in [4.69, 9.17) is 11.5 Å². The molecule has 0 bridgehead atoms. The summed E-state index contributed by atoms with van der Waals surface area (Å²) < 4.78 is 42.3. The van der Waals surface area contributed by atoms with Gasteiger partial charge in [-0.25, -0.2) is 0 Å². The Bertz CT molecular complexity index is 1000. The van der Waals surface area contributed by atoms with Crippen molar-refractivity contribution < 1.29 is 27.5 Å². The number of nitrogens with zero attached hydrogens (tertiary/aromatic N) is 3. The van der Waals surface area contributed by atoms with Crippen LogP contribution in [0.4, 0.5) is 13.2 Å². The van der Waals surface area contributed by atoms with Crippen LogP contribution in [0.25, 0.3) is 0 Å². The number of allylic oxidation sites excluding steroid dienone is 3. The summed E-state index contributed by atoms with van der Waals surface area (Å²) in [6.45, 7) is 0.595. The number of benzene rings is 1. The van der Waals surface area contributed by atoms with E-state index in [2.05, 4.69) is 25.7 Å². The average Bonchev–Trinajstić information content (AvgIpc) is 3.23. The molecule has 0 aliphatic rings. The third kappa shape index (κ3) is 13.4. The van der Waals surface area contributed by atoms with Crippen molar-refractivity contribution in [1.29, 1.82) is 0 Å². The van der Waals surface area contributed by atoms with Gasteiger partial charge in [0.25, 0.3) is 0 Å². The van der Waals surface area contributed by atoms with Gasteiger partial charge in [-0.2, -0.15) is 0 Å². The number of aromatic nitrogens is 3. The van der Waals surface area contributed by atoms with Crippen LogP contribution in [-0.4, -0.2) is 47.6 Å². The van der Waals surface area contributed by atoms with Crippen LogP contribution in [-0.2, 0) is 17.8 Å². The van der Waals surface area contributed by atoms with Gasteiger partial charge in [-0.05, 0) is 63.2 Å². The lowest BCUT2D eigenvalue weighted by Crippen LogP contribution is -2.28. The van der Waals surface area contributed by atoms with Gasteiger partial charge in [-0.15, -0.1) is 18.3 Å². The molecule has 13 heteroatoms. The predicted molar refractivity (Wildman–Crippen MR) is 124 cm³/mol. The monoisotopic (exact) mass is 497 g/mol. The van der Waals surface area contributed by atoms with Crippen LogP contribution in [0.3, 0.4) is 0 Å². The first kappa shape index (κ1) is 29.2. The topological polar surface area (TPSA) is 150 Å². The number of carbonyl (C=O) groups excluding carboxylic acids is 2. The molecule has 1 amide bonds. The smallest absolute Gasteiger partial charge is 0.406 e. The van der Waals surface area contributed by atoms with E-state index >= 15 is 0 Å². The summed E-state index contributed by atoms with van der Waals surface area (Å²) in [4.78, 5) is 22.6. The molecule has 0 radical (unpaired) electrons. The largest absolute Gasteiger partial charge is 0.573 e. The van der Waals surface area contributed by atoms with Crippen molar-refractivity contribution in [3.63, 3.8) is 0 Å². The van der Waals surface area contributed by atoms with Gasteiger partial charge in [-0.1, -0.05) is 17.3 Å². The van der Waals surface area contributed by atoms with E-state index in [9.17, 15) is 22.8 Å². The van der Waals surface area contributed by atoms with Gasteiger partial charge in [0.1, 0.15) is 17.3 Å².